The van der Waals surface area contributed by atoms with Crippen LogP contribution in [0.15, 0.2) is 28.7 Å². The highest BCUT2D eigenvalue weighted by atomic mass is 35.5. The van der Waals surface area contributed by atoms with Gasteiger partial charge in [0, 0.05) is 16.3 Å². The molecule has 1 atom stereocenters. The van der Waals surface area contributed by atoms with E-state index in [0.717, 1.165) is 17.1 Å². The maximum Gasteiger partial charge on any atom is 0.253 e. The van der Waals surface area contributed by atoms with Crippen molar-refractivity contribution in [1.82, 2.24) is 5.32 Å². The Morgan fingerprint density at radius 1 is 1.35 bits per heavy atom. The smallest absolute Gasteiger partial charge is 0.253 e. The van der Waals surface area contributed by atoms with Gasteiger partial charge in [-0.1, -0.05) is 11.6 Å². The fourth-order valence-electron chi connectivity index (χ4n) is 2.16. The lowest BCUT2D eigenvalue weighted by Crippen LogP contribution is -2.27. The fourth-order valence-corrected chi connectivity index (χ4v) is 2.33. The second-order valence-electron chi connectivity index (χ2n) is 4.80. The van der Waals surface area contributed by atoms with Crippen molar-refractivity contribution >= 4 is 23.2 Å². The number of nitrogens with one attached hydrogen (secondary N) is 1. The van der Waals surface area contributed by atoms with Crippen LogP contribution in [0, 0.1) is 13.8 Å². The third kappa shape index (κ3) is 2.96. The summed E-state index contributed by atoms with van der Waals surface area (Å²) in [6, 6.07) is 6.59. The van der Waals surface area contributed by atoms with Crippen molar-refractivity contribution in [2.45, 2.75) is 26.8 Å². The number of anilines is 1. The maximum absolute atomic E-state index is 12.2. The van der Waals surface area contributed by atoms with E-state index in [1.54, 1.807) is 18.2 Å². The van der Waals surface area contributed by atoms with Crippen molar-refractivity contribution in [2.24, 2.45) is 0 Å². The number of nitrogens with two attached hydrogens (primary N) is 1. The second kappa shape index (κ2) is 5.59. The molecule has 2 rings (SSSR count). The molecular weight excluding hydrogens is 276 g/mol. The van der Waals surface area contributed by atoms with Crippen LogP contribution >= 0.6 is 11.6 Å². The van der Waals surface area contributed by atoms with Gasteiger partial charge in [-0.3, -0.25) is 4.79 Å². The Morgan fingerprint density at radius 3 is 2.65 bits per heavy atom. The Hall–Kier alpha value is -1.94. The summed E-state index contributed by atoms with van der Waals surface area (Å²) in [5, 5.41) is 3.38. The van der Waals surface area contributed by atoms with Gasteiger partial charge in [0.25, 0.3) is 5.91 Å². The van der Waals surface area contributed by atoms with E-state index in [-0.39, 0.29) is 11.9 Å². The first-order valence-corrected chi connectivity index (χ1v) is 6.69. The minimum absolute atomic E-state index is 0.168. The van der Waals surface area contributed by atoms with Crippen molar-refractivity contribution in [3.05, 3.63) is 51.9 Å². The molecule has 0 fully saturated rings. The first-order chi connectivity index (χ1) is 9.38. The number of hydrogen-bond donors (Lipinski definition) is 2. The number of halogens is 1. The Labute approximate surface area is 122 Å². The molecule has 20 heavy (non-hydrogen) atoms. The van der Waals surface area contributed by atoms with Gasteiger partial charge in [-0.2, -0.15) is 0 Å². The zero-order chi connectivity index (χ0) is 14.9. The lowest BCUT2D eigenvalue weighted by molar-refractivity contribution is 0.0940. The molecule has 0 aliphatic heterocycles. The highest BCUT2D eigenvalue weighted by molar-refractivity contribution is 6.31. The van der Waals surface area contributed by atoms with Crippen LogP contribution in [-0.4, -0.2) is 5.91 Å². The molecule has 4 nitrogen and oxygen atoms in total. The lowest BCUT2D eigenvalue weighted by atomic mass is 10.1. The summed E-state index contributed by atoms with van der Waals surface area (Å²) in [4.78, 5) is 12.2. The Morgan fingerprint density at radius 2 is 2.05 bits per heavy atom. The monoisotopic (exact) mass is 292 g/mol. The maximum atomic E-state index is 12.2. The van der Waals surface area contributed by atoms with E-state index in [2.05, 4.69) is 5.32 Å². The van der Waals surface area contributed by atoms with E-state index >= 15 is 0 Å². The number of carbonyl (C=O) groups excluding carboxylic acids is 1. The summed E-state index contributed by atoms with van der Waals surface area (Å²) in [6.07, 6.45) is 0. The Balaban J connectivity index is 2.19. The summed E-state index contributed by atoms with van der Waals surface area (Å²) in [5.74, 6) is 1.37. The quantitative estimate of drug-likeness (QED) is 0.849. The molecule has 106 valence electrons. The number of carbonyl (C=O) groups is 1. The van der Waals surface area contributed by atoms with Crippen molar-refractivity contribution in [3.63, 3.8) is 0 Å². The molecule has 1 unspecified atom stereocenters. The molecule has 0 bridgehead atoms. The van der Waals surface area contributed by atoms with E-state index in [0.29, 0.717) is 16.3 Å². The molecule has 5 heteroatoms. The first-order valence-electron chi connectivity index (χ1n) is 6.31. The average molecular weight is 293 g/mol. The molecule has 0 saturated heterocycles. The van der Waals surface area contributed by atoms with Crippen LogP contribution in [0.3, 0.4) is 0 Å². The van der Waals surface area contributed by atoms with Gasteiger partial charge in [0.15, 0.2) is 0 Å². The van der Waals surface area contributed by atoms with E-state index in [1.165, 1.54) is 0 Å². The predicted molar refractivity (Wildman–Crippen MR) is 79.9 cm³/mol. The molecule has 0 aliphatic carbocycles. The third-order valence-electron chi connectivity index (χ3n) is 3.15. The van der Waals surface area contributed by atoms with Crippen LogP contribution < -0.4 is 11.1 Å². The molecule has 0 spiro atoms. The Bertz CT molecular complexity index is 649. The van der Waals surface area contributed by atoms with Crippen LogP contribution in [0.4, 0.5) is 5.69 Å². The minimum atomic E-state index is -0.254. The van der Waals surface area contributed by atoms with Gasteiger partial charge in [-0.05, 0) is 45.0 Å². The molecule has 1 amide bonds. The first kappa shape index (κ1) is 14.5. The molecule has 2 aromatic rings. The summed E-state index contributed by atoms with van der Waals surface area (Å²) >= 11 is 5.89. The average Bonchev–Trinajstić information content (AvgIpc) is 2.71. The van der Waals surface area contributed by atoms with Crippen LogP contribution in [0.2, 0.25) is 5.02 Å². The molecule has 0 radical (unpaired) electrons. The SMILES string of the molecule is Cc1cc(C(C)NC(=O)c2cc(Cl)ccc2N)c(C)o1. The van der Waals surface area contributed by atoms with Gasteiger partial charge in [-0.25, -0.2) is 0 Å². The van der Waals surface area contributed by atoms with E-state index in [4.69, 9.17) is 21.8 Å². The summed E-state index contributed by atoms with van der Waals surface area (Å²) < 4.78 is 5.47. The molecule has 0 aliphatic rings. The lowest BCUT2D eigenvalue weighted by Gasteiger charge is -2.14. The molecular formula is C15H17ClN2O2. The molecule has 0 saturated carbocycles. The molecule has 1 heterocycles. The number of amides is 1. The number of rotatable bonds is 3. The zero-order valence-corrected chi connectivity index (χ0v) is 12.4. The van der Waals surface area contributed by atoms with E-state index < -0.39 is 0 Å². The van der Waals surface area contributed by atoms with E-state index in [1.807, 2.05) is 26.8 Å². The number of benzene rings is 1. The zero-order valence-electron chi connectivity index (χ0n) is 11.7. The van der Waals surface area contributed by atoms with Gasteiger partial charge in [0.2, 0.25) is 0 Å². The van der Waals surface area contributed by atoms with Crippen molar-refractivity contribution in [3.8, 4) is 0 Å². The van der Waals surface area contributed by atoms with Gasteiger partial charge >= 0.3 is 0 Å². The normalized spacial score (nSPS) is 12.2. The van der Waals surface area contributed by atoms with Crippen molar-refractivity contribution in [2.75, 3.05) is 5.73 Å². The van der Waals surface area contributed by atoms with Gasteiger partial charge in [0.1, 0.15) is 11.5 Å². The van der Waals surface area contributed by atoms with Crippen molar-refractivity contribution in [1.29, 1.82) is 0 Å². The van der Waals surface area contributed by atoms with E-state index in [9.17, 15) is 4.79 Å². The van der Waals surface area contributed by atoms with Crippen LogP contribution in [0.1, 0.15) is 40.4 Å². The molecule has 3 N–H and O–H groups in total. The number of nitrogen functional groups attached to an aromatic ring is 1. The molecule has 1 aromatic carbocycles. The number of furan rings is 1. The largest absolute Gasteiger partial charge is 0.466 e. The number of hydrogen-bond acceptors (Lipinski definition) is 3. The van der Waals surface area contributed by atoms with Gasteiger partial charge < -0.3 is 15.5 Å². The van der Waals surface area contributed by atoms with Crippen LogP contribution in [0.5, 0.6) is 0 Å². The minimum Gasteiger partial charge on any atom is -0.466 e. The molecule has 1 aromatic heterocycles. The highest BCUT2D eigenvalue weighted by Gasteiger charge is 2.17. The fraction of sp³-hybridized carbons (Fsp3) is 0.267. The summed E-state index contributed by atoms with van der Waals surface area (Å²) in [7, 11) is 0. The third-order valence-corrected chi connectivity index (χ3v) is 3.39. The van der Waals surface area contributed by atoms with Crippen molar-refractivity contribution < 1.29 is 9.21 Å². The highest BCUT2D eigenvalue weighted by Crippen LogP contribution is 2.23. The Kier molecular flexibility index (Phi) is 4.04. The topological polar surface area (TPSA) is 68.3 Å². The van der Waals surface area contributed by atoms with Crippen LogP contribution in [0.25, 0.3) is 0 Å². The summed E-state index contributed by atoms with van der Waals surface area (Å²) in [5.41, 5.74) is 7.53. The predicted octanol–water partition coefficient (Wildman–Crippen LogP) is 3.62. The standard InChI is InChI=1S/C15H17ClN2O2/c1-8-6-12(10(3)20-8)9(2)18-15(19)13-7-11(16)4-5-14(13)17/h4-7,9H,17H2,1-3H3,(H,18,19). The second-order valence-corrected chi connectivity index (χ2v) is 5.23. The summed E-state index contributed by atoms with van der Waals surface area (Å²) in [6.45, 7) is 5.65. The van der Waals surface area contributed by atoms with Gasteiger partial charge in [0.05, 0.1) is 11.6 Å². The number of aryl methyl sites for hydroxylation is 2. The van der Waals surface area contributed by atoms with Crippen LogP contribution in [-0.2, 0) is 0 Å². The van der Waals surface area contributed by atoms with Gasteiger partial charge in [-0.15, -0.1) is 0 Å².